The summed E-state index contributed by atoms with van der Waals surface area (Å²) in [4.78, 5) is 15.4. The number of para-hydroxylation sites is 1. The lowest BCUT2D eigenvalue weighted by Gasteiger charge is -2.27. The van der Waals surface area contributed by atoms with Crippen LogP contribution in [0.2, 0.25) is 0 Å². The molecule has 3 aromatic carbocycles. The van der Waals surface area contributed by atoms with Gasteiger partial charge >= 0.3 is 0 Å². The third kappa shape index (κ3) is 2.83. The first-order valence-electron chi connectivity index (χ1n) is 7.67. The molecule has 0 spiro atoms. The average molecular weight is 349 g/mol. The summed E-state index contributed by atoms with van der Waals surface area (Å²) in [5.41, 5.74) is 1.65. The molecule has 0 aliphatic carbocycles. The second-order valence-electron chi connectivity index (χ2n) is 5.45. The van der Waals surface area contributed by atoms with E-state index in [9.17, 15) is 4.79 Å². The van der Waals surface area contributed by atoms with Crippen LogP contribution < -0.4 is 5.32 Å². The zero-order chi connectivity index (χ0) is 16.4. The fourth-order valence-corrected chi connectivity index (χ4v) is 5.40. The molecule has 3 aromatic rings. The molecular formula is C20H15NOS2. The molecule has 0 fully saturated rings. The highest BCUT2D eigenvalue weighted by atomic mass is 32.2. The Morgan fingerprint density at radius 3 is 1.71 bits per heavy atom. The van der Waals surface area contributed by atoms with E-state index in [1.54, 1.807) is 23.5 Å². The van der Waals surface area contributed by atoms with Gasteiger partial charge < -0.3 is 5.32 Å². The number of hydrogen-bond acceptors (Lipinski definition) is 4. The maximum absolute atomic E-state index is 13.2. The summed E-state index contributed by atoms with van der Waals surface area (Å²) in [6.45, 7) is 0. The molecule has 0 radical (unpaired) electrons. The van der Waals surface area contributed by atoms with E-state index in [4.69, 9.17) is 0 Å². The monoisotopic (exact) mass is 349 g/mol. The third-order valence-corrected chi connectivity index (χ3v) is 6.44. The number of ketones is 1. The highest BCUT2D eigenvalue weighted by Gasteiger charge is 2.47. The number of carbonyl (C=O) groups is 1. The molecule has 0 atom stereocenters. The normalized spacial score (nSPS) is 14.9. The summed E-state index contributed by atoms with van der Waals surface area (Å²) in [5, 5.41) is 3.47. The summed E-state index contributed by atoms with van der Waals surface area (Å²) < 4.78 is -0.785. The minimum Gasteiger partial charge on any atom is -0.355 e. The van der Waals surface area contributed by atoms with Crippen molar-refractivity contribution in [2.24, 2.45) is 0 Å². The Morgan fingerprint density at radius 1 is 0.667 bits per heavy atom. The number of Topliss-reactive ketones (excluding diaryl/α,β-unsaturated/α-hetero) is 1. The van der Waals surface area contributed by atoms with E-state index in [1.165, 1.54) is 0 Å². The van der Waals surface area contributed by atoms with Crippen molar-refractivity contribution in [3.8, 4) is 0 Å². The van der Waals surface area contributed by atoms with Crippen LogP contribution >= 0.6 is 23.5 Å². The van der Waals surface area contributed by atoms with E-state index in [1.807, 2.05) is 84.9 Å². The molecule has 4 heteroatoms. The molecule has 0 bridgehead atoms. The van der Waals surface area contributed by atoms with Crippen molar-refractivity contribution in [3.05, 3.63) is 90.5 Å². The van der Waals surface area contributed by atoms with E-state index < -0.39 is 4.20 Å². The number of fused-ring (bicyclic) bond motifs is 1. The van der Waals surface area contributed by atoms with E-state index in [2.05, 4.69) is 5.32 Å². The summed E-state index contributed by atoms with van der Waals surface area (Å²) in [6.07, 6.45) is 0. The van der Waals surface area contributed by atoms with Crippen LogP contribution in [-0.4, -0.2) is 9.99 Å². The molecule has 0 amide bonds. The summed E-state index contributed by atoms with van der Waals surface area (Å²) in [5.74, 6) is 0.112. The van der Waals surface area contributed by atoms with Crippen LogP contribution in [0, 0.1) is 0 Å². The van der Waals surface area contributed by atoms with Gasteiger partial charge in [-0.05, 0) is 36.4 Å². The second kappa shape index (κ2) is 6.38. The van der Waals surface area contributed by atoms with Crippen LogP contribution in [0.25, 0.3) is 0 Å². The zero-order valence-electron chi connectivity index (χ0n) is 12.8. The number of anilines is 1. The van der Waals surface area contributed by atoms with Gasteiger partial charge in [-0.1, -0.05) is 72.1 Å². The number of carbonyl (C=O) groups excluding carboxylic acids is 1. The molecule has 118 valence electrons. The van der Waals surface area contributed by atoms with Crippen LogP contribution in [0.4, 0.5) is 5.69 Å². The lowest BCUT2D eigenvalue weighted by molar-refractivity contribution is 0.0995. The number of rotatable bonds is 4. The van der Waals surface area contributed by atoms with Gasteiger partial charge in [0.15, 0.2) is 0 Å². The molecule has 0 saturated heterocycles. The maximum Gasteiger partial charge on any atom is 0.211 e. The van der Waals surface area contributed by atoms with Crippen molar-refractivity contribution < 1.29 is 4.79 Å². The predicted molar refractivity (Wildman–Crippen MR) is 102 cm³/mol. The lowest BCUT2D eigenvalue weighted by Crippen LogP contribution is -2.33. The number of benzene rings is 3. The highest BCUT2D eigenvalue weighted by Crippen LogP contribution is 2.51. The Labute approximate surface area is 149 Å². The molecule has 0 aromatic heterocycles. The minimum absolute atomic E-state index is 0.112. The maximum atomic E-state index is 13.2. The first kappa shape index (κ1) is 15.4. The van der Waals surface area contributed by atoms with E-state index in [-0.39, 0.29) is 5.78 Å². The van der Waals surface area contributed by atoms with Gasteiger partial charge in [-0.25, -0.2) is 0 Å². The van der Waals surface area contributed by atoms with Crippen LogP contribution in [0.1, 0.15) is 10.4 Å². The average Bonchev–Trinajstić information content (AvgIpc) is 2.89. The van der Waals surface area contributed by atoms with Crippen LogP contribution in [0.3, 0.4) is 0 Å². The zero-order valence-corrected chi connectivity index (χ0v) is 14.4. The standard InChI is InChI=1S/C20H15NOS2/c22-19-17-13-7-8-14-18(17)21-20(19,23-15-9-3-1-4-10-15)24-16-11-5-2-6-12-16/h1-14,21H. The molecule has 0 unspecified atom stereocenters. The van der Waals surface area contributed by atoms with Crippen LogP contribution in [0.15, 0.2) is 94.7 Å². The fraction of sp³-hybridized carbons (Fsp3) is 0.0500. The van der Waals surface area contributed by atoms with E-state index >= 15 is 0 Å². The third-order valence-electron chi connectivity index (χ3n) is 3.78. The van der Waals surface area contributed by atoms with Gasteiger partial charge in [0, 0.05) is 21.0 Å². The fourth-order valence-electron chi connectivity index (χ4n) is 2.68. The van der Waals surface area contributed by atoms with E-state index in [0.29, 0.717) is 0 Å². The quantitative estimate of drug-likeness (QED) is 0.627. The molecule has 1 aliphatic heterocycles. The first-order valence-corrected chi connectivity index (χ1v) is 9.30. The molecule has 0 saturated carbocycles. The molecule has 1 heterocycles. The summed E-state index contributed by atoms with van der Waals surface area (Å²) >= 11 is 3.12. The predicted octanol–water partition coefficient (Wildman–Crippen LogP) is 5.53. The SMILES string of the molecule is O=C1c2ccccc2NC1(Sc1ccccc1)Sc1ccccc1. The Hall–Kier alpha value is -2.17. The Bertz CT molecular complexity index is 824. The highest BCUT2D eigenvalue weighted by molar-refractivity contribution is 8.19. The van der Waals surface area contributed by atoms with Gasteiger partial charge in [0.2, 0.25) is 9.99 Å². The van der Waals surface area contributed by atoms with Gasteiger partial charge in [-0.2, -0.15) is 0 Å². The topological polar surface area (TPSA) is 29.1 Å². The number of hydrogen-bond donors (Lipinski definition) is 1. The summed E-state index contributed by atoms with van der Waals surface area (Å²) in [7, 11) is 0. The molecule has 1 N–H and O–H groups in total. The number of nitrogens with one attached hydrogen (secondary N) is 1. The Morgan fingerprint density at radius 2 is 1.17 bits per heavy atom. The van der Waals surface area contributed by atoms with Crippen molar-refractivity contribution in [1.82, 2.24) is 0 Å². The van der Waals surface area contributed by atoms with Crippen molar-refractivity contribution in [3.63, 3.8) is 0 Å². The van der Waals surface area contributed by atoms with Gasteiger partial charge in [-0.15, -0.1) is 0 Å². The van der Waals surface area contributed by atoms with Gasteiger partial charge in [0.1, 0.15) is 0 Å². The second-order valence-corrected chi connectivity index (χ2v) is 8.28. The Balaban J connectivity index is 1.75. The smallest absolute Gasteiger partial charge is 0.211 e. The van der Waals surface area contributed by atoms with Crippen molar-refractivity contribution in [2.45, 2.75) is 14.0 Å². The minimum atomic E-state index is -0.785. The molecule has 4 rings (SSSR count). The Kier molecular flexibility index (Phi) is 4.08. The van der Waals surface area contributed by atoms with Crippen molar-refractivity contribution >= 4 is 35.0 Å². The van der Waals surface area contributed by atoms with Gasteiger partial charge in [0.25, 0.3) is 0 Å². The lowest BCUT2D eigenvalue weighted by atomic mass is 10.1. The van der Waals surface area contributed by atoms with E-state index in [0.717, 1.165) is 21.0 Å². The first-order chi connectivity index (χ1) is 11.8. The largest absolute Gasteiger partial charge is 0.355 e. The summed E-state index contributed by atoms with van der Waals surface area (Å²) in [6, 6.07) is 27.8. The van der Waals surface area contributed by atoms with Gasteiger partial charge in [-0.3, -0.25) is 4.79 Å². The molecule has 24 heavy (non-hydrogen) atoms. The van der Waals surface area contributed by atoms with Crippen molar-refractivity contribution in [2.75, 3.05) is 5.32 Å². The molecule has 1 aliphatic rings. The van der Waals surface area contributed by atoms with Crippen LogP contribution in [-0.2, 0) is 0 Å². The number of thioether (sulfide) groups is 2. The van der Waals surface area contributed by atoms with Gasteiger partial charge in [0.05, 0.1) is 0 Å². The molecular weight excluding hydrogens is 334 g/mol. The van der Waals surface area contributed by atoms with Crippen LogP contribution in [0.5, 0.6) is 0 Å². The molecule has 2 nitrogen and oxygen atoms in total. The van der Waals surface area contributed by atoms with Crippen molar-refractivity contribution in [1.29, 1.82) is 0 Å².